The number of aromatic nitrogens is 1. The Bertz CT molecular complexity index is 568. The van der Waals surface area contributed by atoms with Crippen LogP contribution in [-0.4, -0.2) is 11.6 Å². The molecule has 0 saturated heterocycles. The first-order valence-corrected chi connectivity index (χ1v) is 7.24. The Morgan fingerprint density at radius 3 is 3.05 bits per heavy atom. The fraction of sp³-hybridized carbons (Fsp3) is 0.353. The van der Waals surface area contributed by atoms with Crippen molar-refractivity contribution in [3.05, 3.63) is 59.4 Å². The Labute approximate surface area is 119 Å². The lowest BCUT2D eigenvalue weighted by Crippen LogP contribution is -2.17. The van der Waals surface area contributed by atoms with Crippen molar-refractivity contribution in [1.29, 1.82) is 0 Å². The van der Waals surface area contributed by atoms with Crippen LogP contribution in [0, 0.1) is 0 Å². The molecular formula is C17H20N2O. The lowest BCUT2D eigenvalue weighted by atomic mass is 9.88. The molecule has 1 aliphatic carbocycles. The van der Waals surface area contributed by atoms with Gasteiger partial charge in [0.15, 0.2) is 0 Å². The predicted octanol–water partition coefficient (Wildman–Crippen LogP) is 3.04. The quantitative estimate of drug-likeness (QED) is 0.927. The molecule has 0 spiro atoms. The Kier molecular flexibility index (Phi) is 3.97. The minimum Gasteiger partial charge on any atom is -0.493 e. The van der Waals surface area contributed by atoms with E-state index in [2.05, 4.69) is 23.2 Å². The van der Waals surface area contributed by atoms with E-state index in [1.807, 2.05) is 24.4 Å². The van der Waals surface area contributed by atoms with Gasteiger partial charge in [0.05, 0.1) is 6.61 Å². The molecule has 0 fully saturated rings. The number of benzene rings is 1. The molecule has 3 heteroatoms. The molecule has 2 N–H and O–H groups in total. The van der Waals surface area contributed by atoms with Crippen LogP contribution >= 0.6 is 0 Å². The molecule has 1 aromatic carbocycles. The van der Waals surface area contributed by atoms with Gasteiger partial charge in [-0.25, -0.2) is 0 Å². The number of hydrogen-bond acceptors (Lipinski definition) is 3. The Balaban J connectivity index is 1.62. The van der Waals surface area contributed by atoms with Gasteiger partial charge in [0.1, 0.15) is 5.75 Å². The monoisotopic (exact) mass is 268 g/mol. The molecule has 0 unspecified atom stereocenters. The number of aryl methyl sites for hydroxylation is 1. The van der Waals surface area contributed by atoms with Gasteiger partial charge in [0.25, 0.3) is 0 Å². The smallest absolute Gasteiger partial charge is 0.119 e. The van der Waals surface area contributed by atoms with Crippen LogP contribution in [0.15, 0.2) is 42.6 Å². The van der Waals surface area contributed by atoms with Gasteiger partial charge < -0.3 is 10.5 Å². The number of fused-ring (bicyclic) bond motifs is 1. The van der Waals surface area contributed by atoms with Crippen LogP contribution < -0.4 is 10.5 Å². The van der Waals surface area contributed by atoms with Crippen molar-refractivity contribution >= 4 is 0 Å². The lowest BCUT2D eigenvalue weighted by Gasteiger charge is -2.22. The normalized spacial score (nSPS) is 17.6. The zero-order valence-corrected chi connectivity index (χ0v) is 11.6. The van der Waals surface area contributed by atoms with Crippen molar-refractivity contribution in [3.8, 4) is 5.75 Å². The highest BCUT2D eigenvalue weighted by molar-refractivity contribution is 5.39. The summed E-state index contributed by atoms with van der Waals surface area (Å²) in [6.07, 6.45) is 6.03. The van der Waals surface area contributed by atoms with E-state index >= 15 is 0 Å². The van der Waals surface area contributed by atoms with E-state index in [1.54, 1.807) is 0 Å². The second kappa shape index (κ2) is 6.06. The van der Waals surface area contributed by atoms with Crippen molar-refractivity contribution in [3.63, 3.8) is 0 Å². The summed E-state index contributed by atoms with van der Waals surface area (Å²) in [6, 6.07) is 12.4. The largest absolute Gasteiger partial charge is 0.493 e. The zero-order chi connectivity index (χ0) is 13.8. The van der Waals surface area contributed by atoms with Crippen LogP contribution in [0.5, 0.6) is 5.75 Å². The summed E-state index contributed by atoms with van der Waals surface area (Å²) < 4.78 is 5.83. The third-order valence-electron chi connectivity index (χ3n) is 3.83. The Morgan fingerprint density at radius 2 is 2.20 bits per heavy atom. The number of rotatable bonds is 4. The minimum atomic E-state index is 0.165. The standard InChI is InChI=1S/C17H20N2O/c18-17-6-3-4-13-7-8-15(12-16(13)17)20-11-9-14-5-1-2-10-19-14/h1-2,5,7-8,10,12,17H,3-4,6,9,11,18H2/t17-/m1/s1. The first-order valence-electron chi connectivity index (χ1n) is 7.24. The highest BCUT2D eigenvalue weighted by Crippen LogP contribution is 2.30. The van der Waals surface area contributed by atoms with Crippen molar-refractivity contribution in [2.45, 2.75) is 31.7 Å². The van der Waals surface area contributed by atoms with Crippen LogP contribution in [0.25, 0.3) is 0 Å². The molecule has 1 atom stereocenters. The first-order chi connectivity index (χ1) is 9.83. The molecule has 104 valence electrons. The van der Waals surface area contributed by atoms with Gasteiger partial charge in [-0.3, -0.25) is 4.98 Å². The molecule has 0 bridgehead atoms. The topological polar surface area (TPSA) is 48.1 Å². The molecule has 1 heterocycles. The number of hydrogen-bond donors (Lipinski definition) is 1. The molecule has 20 heavy (non-hydrogen) atoms. The second-order valence-corrected chi connectivity index (χ2v) is 5.28. The van der Waals surface area contributed by atoms with Gasteiger partial charge in [-0.15, -0.1) is 0 Å². The molecule has 0 radical (unpaired) electrons. The minimum absolute atomic E-state index is 0.165. The second-order valence-electron chi connectivity index (χ2n) is 5.28. The fourth-order valence-corrected chi connectivity index (χ4v) is 2.72. The van der Waals surface area contributed by atoms with Crippen LogP contribution in [0.4, 0.5) is 0 Å². The fourth-order valence-electron chi connectivity index (χ4n) is 2.72. The van der Waals surface area contributed by atoms with Crippen LogP contribution in [0.2, 0.25) is 0 Å². The van der Waals surface area contributed by atoms with Gasteiger partial charge in [0, 0.05) is 24.4 Å². The van der Waals surface area contributed by atoms with Gasteiger partial charge in [0.2, 0.25) is 0 Å². The molecule has 3 nitrogen and oxygen atoms in total. The summed E-state index contributed by atoms with van der Waals surface area (Å²) in [7, 11) is 0. The summed E-state index contributed by atoms with van der Waals surface area (Å²) in [6.45, 7) is 0.644. The van der Waals surface area contributed by atoms with E-state index in [0.717, 1.165) is 30.7 Å². The van der Waals surface area contributed by atoms with Gasteiger partial charge in [-0.05, 0) is 54.7 Å². The number of nitrogens with two attached hydrogens (primary N) is 1. The molecule has 0 amide bonds. The summed E-state index contributed by atoms with van der Waals surface area (Å²) in [5.74, 6) is 0.914. The van der Waals surface area contributed by atoms with Crippen LogP contribution in [0.1, 0.15) is 35.7 Å². The van der Waals surface area contributed by atoms with Crippen molar-refractivity contribution in [2.75, 3.05) is 6.61 Å². The summed E-state index contributed by atoms with van der Waals surface area (Å²) in [5.41, 5.74) is 9.86. The number of ether oxygens (including phenoxy) is 1. The van der Waals surface area contributed by atoms with E-state index in [4.69, 9.17) is 10.5 Å². The van der Waals surface area contributed by atoms with Crippen LogP contribution in [0.3, 0.4) is 0 Å². The molecule has 1 aromatic heterocycles. The lowest BCUT2D eigenvalue weighted by molar-refractivity contribution is 0.319. The van der Waals surface area contributed by atoms with E-state index in [0.29, 0.717) is 6.61 Å². The maximum absolute atomic E-state index is 6.17. The summed E-state index contributed by atoms with van der Waals surface area (Å²) in [4.78, 5) is 4.29. The Morgan fingerprint density at radius 1 is 1.25 bits per heavy atom. The van der Waals surface area contributed by atoms with Gasteiger partial charge >= 0.3 is 0 Å². The third kappa shape index (κ3) is 2.99. The molecule has 2 aromatic rings. The van der Waals surface area contributed by atoms with Crippen molar-refractivity contribution < 1.29 is 4.74 Å². The number of pyridine rings is 1. The molecule has 1 aliphatic rings. The van der Waals surface area contributed by atoms with E-state index < -0.39 is 0 Å². The van der Waals surface area contributed by atoms with Crippen molar-refractivity contribution in [2.24, 2.45) is 5.73 Å². The highest BCUT2D eigenvalue weighted by Gasteiger charge is 2.17. The molecular weight excluding hydrogens is 248 g/mol. The zero-order valence-electron chi connectivity index (χ0n) is 11.6. The van der Waals surface area contributed by atoms with E-state index in [9.17, 15) is 0 Å². The third-order valence-corrected chi connectivity index (χ3v) is 3.83. The Hall–Kier alpha value is -1.87. The van der Waals surface area contributed by atoms with E-state index in [-0.39, 0.29) is 6.04 Å². The molecule has 0 saturated carbocycles. The molecule has 0 aliphatic heterocycles. The predicted molar refractivity (Wildman–Crippen MR) is 79.7 cm³/mol. The first kappa shape index (κ1) is 13.1. The van der Waals surface area contributed by atoms with E-state index in [1.165, 1.54) is 17.5 Å². The van der Waals surface area contributed by atoms with Gasteiger partial charge in [-0.2, -0.15) is 0 Å². The molecule has 3 rings (SSSR count). The van der Waals surface area contributed by atoms with Gasteiger partial charge in [-0.1, -0.05) is 12.1 Å². The summed E-state index contributed by atoms with van der Waals surface area (Å²) >= 11 is 0. The van der Waals surface area contributed by atoms with Crippen LogP contribution in [-0.2, 0) is 12.8 Å². The van der Waals surface area contributed by atoms with Crippen molar-refractivity contribution in [1.82, 2.24) is 4.98 Å². The maximum atomic E-state index is 6.17. The summed E-state index contributed by atoms with van der Waals surface area (Å²) in [5, 5.41) is 0. The highest BCUT2D eigenvalue weighted by atomic mass is 16.5. The maximum Gasteiger partial charge on any atom is 0.119 e. The average Bonchev–Trinajstić information content (AvgIpc) is 2.49. The number of nitrogens with zero attached hydrogens (tertiary/aromatic N) is 1. The average molecular weight is 268 g/mol. The SMILES string of the molecule is N[C@@H]1CCCc2ccc(OCCc3ccccn3)cc21.